The first-order chi connectivity index (χ1) is 11.2. The van der Waals surface area contributed by atoms with E-state index in [2.05, 4.69) is 22.1 Å². The van der Waals surface area contributed by atoms with Gasteiger partial charge in [-0.05, 0) is 25.8 Å². The smallest absolute Gasteiger partial charge is 0.188 e. The summed E-state index contributed by atoms with van der Waals surface area (Å²) < 4.78 is 8.63. The number of anilines is 1. The van der Waals surface area contributed by atoms with Gasteiger partial charge in [0, 0.05) is 19.2 Å². The molecular formula is C17H20N4OS. The van der Waals surface area contributed by atoms with Crippen molar-refractivity contribution in [1.82, 2.24) is 14.8 Å². The van der Waals surface area contributed by atoms with Crippen molar-refractivity contribution in [2.45, 2.75) is 25.8 Å². The van der Waals surface area contributed by atoms with Crippen molar-refractivity contribution in [2.24, 2.45) is 7.05 Å². The van der Waals surface area contributed by atoms with Crippen LogP contribution in [0.3, 0.4) is 0 Å². The molecule has 0 bridgehead atoms. The molecule has 1 aliphatic rings. The van der Waals surface area contributed by atoms with E-state index in [1.807, 2.05) is 30.8 Å². The first-order valence-electron chi connectivity index (χ1n) is 7.88. The second-order valence-electron chi connectivity index (χ2n) is 5.95. The molecule has 0 amide bonds. The number of nitrogens with zero attached hydrogens (tertiary/aromatic N) is 4. The fourth-order valence-electron chi connectivity index (χ4n) is 3.46. The highest BCUT2D eigenvalue weighted by Gasteiger charge is 2.31. The molecule has 1 aliphatic heterocycles. The lowest BCUT2D eigenvalue weighted by Gasteiger charge is -2.25. The van der Waals surface area contributed by atoms with Crippen molar-refractivity contribution in [1.29, 1.82) is 0 Å². The van der Waals surface area contributed by atoms with Gasteiger partial charge in [0.25, 0.3) is 0 Å². The quantitative estimate of drug-likeness (QED) is 0.735. The van der Waals surface area contributed by atoms with Crippen molar-refractivity contribution in [3.8, 4) is 5.75 Å². The largest absolute Gasteiger partial charge is 0.496 e. The number of aromatic nitrogens is 3. The second-order valence-corrected chi connectivity index (χ2v) is 6.93. The molecule has 1 atom stereocenters. The number of aryl methyl sites for hydroxylation is 2. The molecule has 0 spiro atoms. The molecular weight excluding hydrogens is 308 g/mol. The van der Waals surface area contributed by atoms with Gasteiger partial charge in [0.2, 0.25) is 0 Å². The summed E-state index contributed by atoms with van der Waals surface area (Å²) in [5.41, 5.74) is 3.29. The Hall–Kier alpha value is -2.08. The maximum Gasteiger partial charge on any atom is 0.188 e. The number of hydrogen-bond donors (Lipinski definition) is 0. The lowest BCUT2D eigenvalue weighted by atomic mass is 10.0. The Morgan fingerprint density at radius 2 is 2.13 bits per heavy atom. The number of rotatable bonds is 3. The van der Waals surface area contributed by atoms with Crippen LogP contribution in [-0.2, 0) is 7.05 Å². The third-order valence-corrected chi connectivity index (χ3v) is 5.72. The van der Waals surface area contributed by atoms with Gasteiger partial charge in [0.05, 0.1) is 23.5 Å². The van der Waals surface area contributed by atoms with Gasteiger partial charge in [-0.25, -0.2) is 9.67 Å². The van der Waals surface area contributed by atoms with Crippen LogP contribution in [0.4, 0.5) is 5.13 Å². The molecule has 1 aromatic carbocycles. The van der Waals surface area contributed by atoms with Gasteiger partial charge in [0.1, 0.15) is 5.75 Å². The van der Waals surface area contributed by atoms with Gasteiger partial charge in [-0.2, -0.15) is 5.10 Å². The number of thiazole rings is 1. The number of methoxy groups -OCH3 is 1. The summed E-state index contributed by atoms with van der Waals surface area (Å²) >= 11 is 1.74. The van der Waals surface area contributed by atoms with Crippen molar-refractivity contribution in [2.75, 3.05) is 18.6 Å². The van der Waals surface area contributed by atoms with Gasteiger partial charge in [0.15, 0.2) is 10.8 Å². The summed E-state index contributed by atoms with van der Waals surface area (Å²) in [4.78, 5) is 7.27. The van der Waals surface area contributed by atoms with Crippen LogP contribution >= 0.6 is 11.3 Å². The van der Waals surface area contributed by atoms with E-state index in [-0.39, 0.29) is 0 Å². The zero-order valence-electron chi connectivity index (χ0n) is 13.6. The average molecular weight is 328 g/mol. The highest BCUT2D eigenvalue weighted by Crippen LogP contribution is 2.42. The molecule has 2 aromatic heterocycles. The fraction of sp³-hybridized carbons (Fsp3) is 0.412. The molecule has 0 N–H and O–H groups in total. The summed E-state index contributed by atoms with van der Waals surface area (Å²) in [7, 11) is 3.70. The molecule has 1 saturated heterocycles. The number of para-hydroxylation sites is 1. The number of ether oxygens (including phenoxy) is 1. The molecule has 1 unspecified atom stereocenters. The molecule has 0 saturated carbocycles. The molecule has 4 rings (SSSR count). The van der Waals surface area contributed by atoms with E-state index in [1.165, 1.54) is 16.7 Å². The maximum atomic E-state index is 5.57. The molecule has 23 heavy (non-hydrogen) atoms. The average Bonchev–Trinajstić information content (AvgIpc) is 3.25. The zero-order chi connectivity index (χ0) is 16.0. The SMILES string of the molecule is COc1ccccc1C1CCCN1c1nc2c(s1)c(C)nn2C. The lowest BCUT2D eigenvalue weighted by Crippen LogP contribution is -2.22. The van der Waals surface area contributed by atoms with Crippen molar-refractivity contribution >= 4 is 26.8 Å². The Morgan fingerprint density at radius 3 is 2.91 bits per heavy atom. The fourth-order valence-corrected chi connectivity index (χ4v) is 4.57. The van der Waals surface area contributed by atoms with E-state index in [1.54, 1.807) is 18.4 Å². The zero-order valence-corrected chi connectivity index (χ0v) is 14.4. The van der Waals surface area contributed by atoms with Crippen LogP contribution in [0.1, 0.15) is 30.1 Å². The molecule has 120 valence electrons. The normalized spacial score (nSPS) is 18.0. The standard InChI is InChI=1S/C17H20N4OS/c1-11-15-16(20(2)19-11)18-17(23-15)21-10-6-8-13(21)12-7-4-5-9-14(12)22-3/h4-5,7,9,13H,6,8,10H2,1-3H3. The topological polar surface area (TPSA) is 43.2 Å². The van der Waals surface area contributed by atoms with Gasteiger partial charge in [-0.1, -0.05) is 29.5 Å². The molecule has 3 aromatic rings. The van der Waals surface area contributed by atoms with Crippen molar-refractivity contribution < 1.29 is 4.74 Å². The molecule has 1 fully saturated rings. The van der Waals surface area contributed by atoms with Gasteiger partial charge in [-0.15, -0.1) is 0 Å². The van der Waals surface area contributed by atoms with E-state index in [0.29, 0.717) is 6.04 Å². The molecule has 3 heterocycles. The van der Waals surface area contributed by atoms with E-state index >= 15 is 0 Å². The lowest BCUT2D eigenvalue weighted by molar-refractivity contribution is 0.405. The molecule has 6 heteroatoms. The number of fused-ring (bicyclic) bond motifs is 1. The minimum atomic E-state index is 0.333. The van der Waals surface area contributed by atoms with E-state index < -0.39 is 0 Å². The van der Waals surface area contributed by atoms with Crippen molar-refractivity contribution in [3.63, 3.8) is 0 Å². The van der Waals surface area contributed by atoms with Crippen LogP contribution in [0.25, 0.3) is 10.3 Å². The van der Waals surface area contributed by atoms with E-state index in [0.717, 1.165) is 35.2 Å². The molecule has 0 radical (unpaired) electrons. The Labute approximate surface area is 139 Å². The van der Waals surface area contributed by atoms with E-state index in [9.17, 15) is 0 Å². The minimum absolute atomic E-state index is 0.333. The Balaban J connectivity index is 1.75. The van der Waals surface area contributed by atoms with Crippen LogP contribution in [0.2, 0.25) is 0 Å². The third-order valence-electron chi connectivity index (χ3n) is 4.53. The first-order valence-corrected chi connectivity index (χ1v) is 8.70. The van der Waals surface area contributed by atoms with Crippen LogP contribution in [0.5, 0.6) is 5.75 Å². The predicted octanol–water partition coefficient (Wildman–Crippen LogP) is 3.69. The highest BCUT2D eigenvalue weighted by molar-refractivity contribution is 7.22. The van der Waals surface area contributed by atoms with Gasteiger partial charge in [-0.3, -0.25) is 0 Å². The summed E-state index contributed by atoms with van der Waals surface area (Å²) in [5, 5.41) is 5.54. The Bertz CT molecular complexity index is 819. The summed E-state index contributed by atoms with van der Waals surface area (Å²) in [6, 6.07) is 8.65. The monoisotopic (exact) mass is 328 g/mol. The number of hydrogen-bond acceptors (Lipinski definition) is 5. The van der Waals surface area contributed by atoms with Crippen LogP contribution in [0, 0.1) is 6.92 Å². The summed E-state index contributed by atoms with van der Waals surface area (Å²) in [6.45, 7) is 3.08. The van der Waals surface area contributed by atoms with E-state index in [4.69, 9.17) is 9.72 Å². The van der Waals surface area contributed by atoms with Gasteiger partial charge >= 0.3 is 0 Å². The van der Waals surface area contributed by atoms with Crippen LogP contribution in [0.15, 0.2) is 24.3 Å². The maximum absolute atomic E-state index is 5.57. The van der Waals surface area contributed by atoms with Crippen LogP contribution in [-0.4, -0.2) is 28.4 Å². The Morgan fingerprint density at radius 1 is 1.30 bits per heavy atom. The highest BCUT2D eigenvalue weighted by atomic mass is 32.1. The molecule has 0 aliphatic carbocycles. The number of benzene rings is 1. The Kier molecular flexibility index (Phi) is 3.49. The predicted molar refractivity (Wildman–Crippen MR) is 93.4 cm³/mol. The minimum Gasteiger partial charge on any atom is -0.496 e. The summed E-state index contributed by atoms with van der Waals surface area (Å²) in [5.74, 6) is 0.961. The summed E-state index contributed by atoms with van der Waals surface area (Å²) in [6.07, 6.45) is 2.31. The van der Waals surface area contributed by atoms with Crippen LogP contribution < -0.4 is 9.64 Å². The van der Waals surface area contributed by atoms with Crippen molar-refractivity contribution in [3.05, 3.63) is 35.5 Å². The first kappa shape index (κ1) is 14.5. The molecule has 5 nitrogen and oxygen atoms in total. The third kappa shape index (κ3) is 2.28. The second kappa shape index (κ2) is 5.53. The van der Waals surface area contributed by atoms with Gasteiger partial charge < -0.3 is 9.64 Å².